The summed E-state index contributed by atoms with van der Waals surface area (Å²) >= 11 is 0. The fraction of sp³-hybridized carbons (Fsp3) is 0.286. The summed E-state index contributed by atoms with van der Waals surface area (Å²) in [5, 5.41) is 18.4. The first-order chi connectivity index (χ1) is 9.16. The minimum Gasteiger partial charge on any atom is -0.391 e. The molecule has 0 aliphatic carbocycles. The standard InChI is InChI=1S/C14H16N4O/c15-14(16)11-7-17-12-4-2-1-3-10(12)13(11)18-6-5-9(19)8-18/h1-4,7,9,19H,5-6,8H2,(H3,15,16). The van der Waals surface area contributed by atoms with Gasteiger partial charge in [0, 0.05) is 24.7 Å². The molecule has 0 spiro atoms. The number of nitrogens with two attached hydrogens (primary N) is 1. The number of aliphatic hydroxyl groups excluding tert-OH is 1. The van der Waals surface area contributed by atoms with Gasteiger partial charge < -0.3 is 15.7 Å². The van der Waals surface area contributed by atoms with E-state index < -0.39 is 0 Å². The fourth-order valence-electron chi connectivity index (χ4n) is 2.61. The second-order valence-electron chi connectivity index (χ2n) is 4.84. The van der Waals surface area contributed by atoms with Gasteiger partial charge in [0.2, 0.25) is 0 Å². The summed E-state index contributed by atoms with van der Waals surface area (Å²) in [5.74, 6) is 0.00893. The van der Waals surface area contributed by atoms with E-state index in [0.29, 0.717) is 12.1 Å². The first kappa shape index (κ1) is 11.9. The van der Waals surface area contributed by atoms with E-state index in [9.17, 15) is 5.11 Å². The molecule has 1 aromatic carbocycles. The Balaban J connectivity index is 2.23. The first-order valence-electron chi connectivity index (χ1n) is 6.32. The molecule has 0 bridgehead atoms. The van der Waals surface area contributed by atoms with Gasteiger partial charge in [-0.05, 0) is 12.5 Å². The lowest BCUT2D eigenvalue weighted by molar-refractivity contribution is 0.198. The van der Waals surface area contributed by atoms with Crippen LogP contribution < -0.4 is 10.6 Å². The SMILES string of the molecule is N=C(N)c1cnc2ccccc2c1N1CCC(O)C1. The van der Waals surface area contributed by atoms with Crippen LogP contribution in [0.2, 0.25) is 0 Å². The zero-order chi connectivity index (χ0) is 13.4. The zero-order valence-corrected chi connectivity index (χ0v) is 10.5. The van der Waals surface area contributed by atoms with Crippen molar-refractivity contribution in [3.05, 3.63) is 36.0 Å². The number of fused-ring (bicyclic) bond motifs is 1. The second kappa shape index (κ2) is 4.51. The summed E-state index contributed by atoms with van der Waals surface area (Å²) in [6, 6.07) is 7.80. The molecule has 4 N–H and O–H groups in total. The lowest BCUT2D eigenvalue weighted by Gasteiger charge is -2.22. The van der Waals surface area contributed by atoms with Crippen molar-refractivity contribution in [1.82, 2.24) is 4.98 Å². The third kappa shape index (κ3) is 2.02. The van der Waals surface area contributed by atoms with Crippen LogP contribution in [0.15, 0.2) is 30.5 Å². The number of hydrogen-bond donors (Lipinski definition) is 3. The van der Waals surface area contributed by atoms with Crippen molar-refractivity contribution in [2.24, 2.45) is 5.73 Å². The average Bonchev–Trinajstić information content (AvgIpc) is 2.83. The van der Waals surface area contributed by atoms with Gasteiger partial charge in [-0.25, -0.2) is 0 Å². The topological polar surface area (TPSA) is 86.2 Å². The summed E-state index contributed by atoms with van der Waals surface area (Å²) in [7, 11) is 0. The minimum absolute atomic E-state index is 0.00893. The largest absolute Gasteiger partial charge is 0.391 e. The highest BCUT2D eigenvalue weighted by atomic mass is 16.3. The molecule has 5 heteroatoms. The Hall–Kier alpha value is -2.14. The molecule has 0 radical (unpaired) electrons. The lowest BCUT2D eigenvalue weighted by atomic mass is 10.1. The Morgan fingerprint density at radius 2 is 2.21 bits per heavy atom. The second-order valence-corrected chi connectivity index (χ2v) is 4.84. The molecule has 0 amide bonds. The number of pyridine rings is 1. The van der Waals surface area contributed by atoms with Crippen molar-refractivity contribution in [3.63, 3.8) is 0 Å². The first-order valence-corrected chi connectivity index (χ1v) is 6.32. The number of anilines is 1. The molecule has 2 aromatic rings. The summed E-state index contributed by atoms with van der Waals surface area (Å²) in [6.07, 6.45) is 2.07. The van der Waals surface area contributed by atoms with Crippen LogP contribution in [-0.4, -0.2) is 35.1 Å². The maximum Gasteiger partial charge on any atom is 0.126 e. The number of aromatic nitrogens is 1. The van der Waals surface area contributed by atoms with E-state index >= 15 is 0 Å². The van der Waals surface area contributed by atoms with Gasteiger partial charge in [-0.1, -0.05) is 18.2 Å². The van der Waals surface area contributed by atoms with E-state index in [0.717, 1.165) is 29.6 Å². The summed E-state index contributed by atoms with van der Waals surface area (Å²) in [4.78, 5) is 6.43. The predicted molar refractivity (Wildman–Crippen MR) is 75.6 cm³/mol. The van der Waals surface area contributed by atoms with E-state index in [1.165, 1.54) is 0 Å². The molecule has 1 aliphatic rings. The maximum atomic E-state index is 9.72. The van der Waals surface area contributed by atoms with Gasteiger partial charge >= 0.3 is 0 Å². The normalized spacial score (nSPS) is 19.0. The third-order valence-electron chi connectivity index (χ3n) is 3.52. The molecule has 1 atom stereocenters. The molecular weight excluding hydrogens is 240 g/mol. The number of nitrogens with zero attached hydrogens (tertiary/aromatic N) is 2. The zero-order valence-electron chi connectivity index (χ0n) is 10.5. The number of benzene rings is 1. The van der Waals surface area contributed by atoms with Crippen molar-refractivity contribution in [1.29, 1.82) is 5.41 Å². The van der Waals surface area contributed by atoms with Crippen molar-refractivity contribution in [2.75, 3.05) is 18.0 Å². The van der Waals surface area contributed by atoms with Crippen LogP contribution in [0.3, 0.4) is 0 Å². The Kier molecular flexibility index (Phi) is 2.83. The van der Waals surface area contributed by atoms with Crippen LogP contribution in [0.4, 0.5) is 5.69 Å². The van der Waals surface area contributed by atoms with E-state index in [1.807, 2.05) is 24.3 Å². The van der Waals surface area contributed by atoms with Crippen molar-refractivity contribution >= 4 is 22.4 Å². The van der Waals surface area contributed by atoms with Gasteiger partial charge in [-0.3, -0.25) is 10.4 Å². The molecule has 2 heterocycles. The fourth-order valence-corrected chi connectivity index (χ4v) is 2.61. The van der Waals surface area contributed by atoms with Crippen LogP contribution in [0.25, 0.3) is 10.9 Å². The Morgan fingerprint density at radius 3 is 2.89 bits per heavy atom. The number of hydrogen-bond acceptors (Lipinski definition) is 4. The highest BCUT2D eigenvalue weighted by Crippen LogP contribution is 2.31. The monoisotopic (exact) mass is 256 g/mol. The molecule has 1 unspecified atom stereocenters. The van der Waals surface area contributed by atoms with E-state index in [1.54, 1.807) is 6.20 Å². The van der Waals surface area contributed by atoms with Gasteiger partial charge in [0.05, 0.1) is 22.9 Å². The van der Waals surface area contributed by atoms with Gasteiger partial charge in [0.15, 0.2) is 0 Å². The quantitative estimate of drug-likeness (QED) is 0.554. The molecule has 98 valence electrons. The van der Waals surface area contributed by atoms with Crippen molar-refractivity contribution in [3.8, 4) is 0 Å². The van der Waals surface area contributed by atoms with E-state index in [-0.39, 0.29) is 11.9 Å². The number of β-amino-alcohol motifs (C(OH)–C–C–N with tert-alkyl or cyclic N) is 1. The molecular formula is C14H16N4O. The Morgan fingerprint density at radius 1 is 1.42 bits per heavy atom. The van der Waals surface area contributed by atoms with Crippen LogP contribution >= 0.6 is 0 Å². The van der Waals surface area contributed by atoms with E-state index in [4.69, 9.17) is 11.1 Å². The smallest absolute Gasteiger partial charge is 0.126 e. The number of nitrogens with one attached hydrogen (secondary N) is 1. The molecule has 0 saturated carbocycles. The molecule has 1 fully saturated rings. The number of para-hydroxylation sites is 1. The Labute approximate surface area is 111 Å². The Bertz CT molecular complexity index is 640. The summed E-state index contributed by atoms with van der Waals surface area (Å²) in [5.41, 5.74) is 8.08. The molecule has 5 nitrogen and oxygen atoms in total. The molecule has 3 rings (SSSR count). The third-order valence-corrected chi connectivity index (χ3v) is 3.52. The highest BCUT2D eigenvalue weighted by molar-refractivity contribution is 6.07. The molecule has 19 heavy (non-hydrogen) atoms. The molecule has 1 saturated heterocycles. The van der Waals surface area contributed by atoms with Crippen molar-refractivity contribution < 1.29 is 5.11 Å². The van der Waals surface area contributed by atoms with Gasteiger partial charge in [-0.2, -0.15) is 0 Å². The van der Waals surface area contributed by atoms with Crippen LogP contribution in [0.1, 0.15) is 12.0 Å². The maximum absolute atomic E-state index is 9.72. The highest BCUT2D eigenvalue weighted by Gasteiger charge is 2.25. The van der Waals surface area contributed by atoms with Crippen molar-refractivity contribution in [2.45, 2.75) is 12.5 Å². The summed E-state index contributed by atoms with van der Waals surface area (Å²) < 4.78 is 0. The molecule has 1 aromatic heterocycles. The average molecular weight is 256 g/mol. The van der Waals surface area contributed by atoms with E-state index in [2.05, 4.69) is 9.88 Å². The number of aliphatic hydroxyl groups is 1. The number of amidine groups is 1. The van der Waals surface area contributed by atoms with Gasteiger partial charge in [-0.15, -0.1) is 0 Å². The summed E-state index contributed by atoms with van der Waals surface area (Å²) in [6.45, 7) is 1.35. The molecule has 1 aliphatic heterocycles. The van der Waals surface area contributed by atoms with Crippen LogP contribution in [-0.2, 0) is 0 Å². The van der Waals surface area contributed by atoms with Crippen LogP contribution in [0, 0.1) is 5.41 Å². The number of rotatable bonds is 2. The number of nitrogen functional groups attached to an aromatic ring is 1. The minimum atomic E-state index is -0.313. The van der Waals surface area contributed by atoms with Gasteiger partial charge in [0.1, 0.15) is 5.84 Å². The predicted octanol–water partition coefficient (Wildman–Crippen LogP) is 1.09. The lowest BCUT2D eigenvalue weighted by Crippen LogP contribution is -2.25. The van der Waals surface area contributed by atoms with Gasteiger partial charge in [0.25, 0.3) is 0 Å². The van der Waals surface area contributed by atoms with Crippen LogP contribution in [0.5, 0.6) is 0 Å².